The third-order valence-corrected chi connectivity index (χ3v) is 4.06. The van der Waals surface area contributed by atoms with Crippen LogP contribution in [-0.2, 0) is 17.6 Å². The van der Waals surface area contributed by atoms with Crippen molar-refractivity contribution in [2.24, 2.45) is 0 Å². The van der Waals surface area contributed by atoms with E-state index < -0.39 is 0 Å². The van der Waals surface area contributed by atoms with Crippen molar-refractivity contribution in [3.05, 3.63) is 46.6 Å². The van der Waals surface area contributed by atoms with Crippen LogP contribution in [0.4, 0.5) is 0 Å². The molecule has 0 atom stereocenters. The number of rotatable bonds is 3. The highest BCUT2D eigenvalue weighted by atomic mass is 35.5. The number of esters is 1. The second-order valence-corrected chi connectivity index (χ2v) is 5.43. The monoisotopic (exact) mass is 289 g/mol. The number of H-pyrrole nitrogens is 1. The number of fused-ring (bicyclic) bond motifs is 3. The molecule has 3 nitrogen and oxygen atoms in total. The van der Waals surface area contributed by atoms with Gasteiger partial charge in [-0.25, -0.2) is 4.79 Å². The van der Waals surface area contributed by atoms with Crippen LogP contribution in [0, 0.1) is 0 Å². The van der Waals surface area contributed by atoms with Gasteiger partial charge in [-0.05, 0) is 43.4 Å². The molecule has 0 saturated carbocycles. The molecular formula is C16H16ClNO2. The molecule has 0 saturated heterocycles. The van der Waals surface area contributed by atoms with Crippen LogP contribution in [0.1, 0.15) is 34.5 Å². The number of nitrogens with one attached hydrogen (secondary N) is 1. The van der Waals surface area contributed by atoms with E-state index in [-0.39, 0.29) is 12.6 Å². The average molecular weight is 290 g/mol. The van der Waals surface area contributed by atoms with Gasteiger partial charge in [-0.3, -0.25) is 0 Å². The highest BCUT2D eigenvalue weighted by Crippen LogP contribution is 2.35. The van der Waals surface area contributed by atoms with Gasteiger partial charge in [0.1, 0.15) is 6.61 Å². The summed E-state index contributed by atoms with van der Waals surface area (Å²) in [4.78, 5) is 15.7. The van der Waals surface area contributed by atoms with Crippen molar-refractivity contribution in [1.29, 1.82) is 0 Å². The molecule has 20 heavy (non-hydrogen) atoms. The number of aromatic amines is 1. The first-order valence-corrected chi connectivity index (χ1v) is 7.20. The Labute approximate surface area is 122 Å². The minimum Gasteiger partial charge on any atom is -0.458 e. The van der Waals surface area contributed by atoms with Crippen molar-refractivity contribution < 1.29 is 9.53 Å². The largest absolute Gasteiger partial charge is 0.458 e. The van der Waals surface area contributed by atoms with Crippen molar-refractivity contribution in [2.45, 2.75) is 25.7 Å². The lowest BCUT2D eigenvalue weighted by molar-refractivity contribution is 0.0552. The summed E-state index contributed by atoms with van der Waals surface area (Å²) in [6.07, 6.45) is 5.90. The highest BCUT2D eigenvalue weighted by molar-refractivity contribution is 6.35. The van der Waals surface area contributed by atoms with Gasteiger partial charge in [-0.15, -0.1) is 0 Å². The van der Waals surface area contributed by atoms with E-state index in [1.165, 1.54) is 17.7 Å². The van der Waals surface area contributed by atoms with E-state index in [0.29, 0.717) is 10.6 Å². The normalized spacial score (nSPS) is 14.1. The van der Waals surface area contributed by atoms with Crippen LogP contribution in [0.5, 0.6) is 0 Å². The van der Waals surface area contributed by atoms with Crippen LogP contribution in [0.2, 0.25) is 5.02 Å². The molecule has 1 N–H and O–H groups in total. The maximum atomic E-state index is 12.3. The fourth-order valence-electron chi connectivity index (χ4n) is 2.88. The van der Waals surface area contributed by atoms with E-state index in [4.69, 9.17) is 16.3 Å². The van der Waals surface area contributed by atoms with E-state index in [1.54, 1.807) is 12.1 Å². The molecule has 0 spiro atoms. The summed E-state index contributed by atoms with van der Waals surface area (Å²) in [5.41, 5.74) is 3.89. The van der Waals surface area contributed by atoms with Gasteiger partial charge in [-0.1, -0.05) is 24.3 Å². The maximum Gasteiger partial charge on any atom is 0.340 e. The average Bonchev–Trinajstić information content (AvgIpc) is 2.83. The molecule has 0 aliphatic heterocycles. The number of hydrogen-bond donors (Lipinski definition) is 1. The van der Waals surface area contributed by atoms with Gasteiger partial charge in [0, 0.05) is 16.6 Å². The first-order valence-electron chi connectivity index (χ1n) is 6.82. The number of hydrogen-bond acceptors (Lipinski definition) is 2. The summed E-state index contributed by atoms with van der Waals surface area (Å²) in [5.74, 6) is -0.382. The molecule has 0 radical (unpaired) electrons. The number of carbonyl (C=O) groups is 1. The molecule has 0 bridgehead atoms. The zero-order valence-corrected chi connectivity index (χ0v) is 11.9. The van der Waals surface area contributed by atoms with Gasteiger partial charge in [-0.2, -0.15) is 0 Å². The fraction of sp³-hybridized carbons (Fsp3) is 0.312. The quantitative estimate of drug-likeness (QED) is 0.684. The Morgan fingerprint density at radius 1 is 1.40 bits per heavy atom. The molecule has 104 valence electrons. The number of carbonyl (C=O) groups excluding carboxylic acids is 1. The van der Waals surface area contributed by atoms with Crippen LogP contribution < -0.4 is 0 Å². The zero-order valence-electron chi connectivity index (χ0n) is 11.2. The molecule has 1 aromatic carbocycles. The molecule has 3 rings (SSSR count). The lowest BCUT2D eigenvalue weighted by Gasteiger charge is -2.12. The van der Waals surface area contributed by atoms with Gasteiger partial charge in [0.25, 0.3) is 0 Å². The molecule has 1 aliphatic carbocycles. The zero-order chi connectivity index (χ0) is 14.1. The smallest absolute Gasteiger partial charge is 0.340 e. The van der Waals surface area contributed by atoms with E-state index >= 15 is 0 Å². The van der Waals surface area contributed by atoms with E-state index in [0.717, 1.165) is 30.2 Å². The Balaban J connectivity index is 2.18. The van der Waals surface area contributed by atoms with Crippen LogP contribution in [-0.4, -0.2) is 17.6 Å². The number of aryl methyl sites for hydroxylation is 2. The molecule has 0 amide bonds. The molecule has 2 aromatic rings. The van der Waals surface area contributed by atoms with Crippen LogP contribution in [0.15, 0.2) is 24.8 Å². The topological polar surface area (TPSA) is 42.1 Å². The number of benzene rings is 1. The van der Waals surface area contributed by atoms with Crippen molar-refractivity contribution in [3.8, 4) is 0 Å². The predicted molar refractivity (Wildman–Crippen MR) is 80.4 cm³/mol. The summed E-state index contributed by atoms with van der Waals surface area (Å²) in [6.45, 7) is 3.75. The lowest BCUT2D eigenvalue weighted by Crippen LogP contribution is -2.08. The van der Waals surface area contributed by atoms with Gasteiger partial charge < -0.3 is 9.72 Å². The summed E-state index contributed by atoms with van der Waals surface area (Å²) < 4.78 is 5.17. The Morgan fingerprint density at radius 3 is 3.00 bits per heavy atom. The van der Waals surface area contributed by atoms with Crippen molar-refractivity contribution in [2.75, 3.05) is 6.61 Å². The Kier molecular flexibility index (Phi) is 3.53. The van der Waals surface area contributed by atoms with E-state index in [2.05, 4.69) is 11.6 Å². The minimum absolute atomic E-state index is 0.193. The van der Waals surface area contributed by atoms with Crippen molar-refractivity contribution >= 4 is 28.5 Å². The molecule has 4 heteroatoms. The van der Waals surface area contributed by atoms with Crippen LogP contribution >= 0.6 is 11.6 Å². The molecule has 1 aromatic heterocycles. The second-order valence-electron chi connectivity index (χ2n) is 5.02. The maximum absolute atomic E-state index is 12.3. The molecule has 1 aliphatic rings. The van der Waals surface area contributed by atoms with Gasteiger partial charge in [0.2, 0.25) is 0 Å². The summed E-state index contributed by atoms with van der Waals surface area (Å²) >= 11 is 6.24. The fourth-order valence-corrected chi connectivity index (χ4v) is 3.12. The van der Waals surface area contributed by atoms with E-state index in [9.17, 15) is 4.79 Å². The third kappa shape index (κ3) is 2.12. The molecule has 1 heterocycles. The standard InChI is InChI=1S/C16H16ClNO2/c1-2-9-20-16(19)15-11(17)7-8-13-14(15)10-5-3-4-6-12(10)18-13/h2,7-8,18H,1,3-6,9H2. The summed E-state index contributed by atoms with van der Waals surface area (Å²) in [6, 6.07) is 3.68. The molecule has 0 fully saturated rings. The Morgan fingerprint density at radius 2 is 2.20 bits per heavy atom. The number of halogens is 1. The molecular weight excluding hydrogens is 274 g/mol. The van der Waals surface area contributed by atoms with Crippen LogP contribution in [0.25, 0.3) is 10.9 Å². The van der Waals surface area contributed by atoms with Gasteiger partial charge in [0.15, 0.2) is 0 Å². The van der Waals surface area contributed by atoms with E-state index in [1.807, 2.05) is 6.07 Å². The predicted octanol–water partition coefficient (Wildman–Crippen LogP) is 4.04. The number of ether oxygens (including phenoxy) is 1. The number of aromatic nitrogens is 1. The lowest BCUT2D eigenvalue weighted by atomic mass is 9.94. The minimum atomic E-state index is -0.382. The SMILES string of the molecule is C=CCOC(=O)c1c(Cl)ccc2[nH]c3c(c12)CCCC3. The Bertz CT molecular complexity index is 687. The van der Waals surface area contributed by atoms with Gasteiger partial charge in [0.05, 0.1) is 10.6 Å². The summed E-state index contributed by atoms with van der Waals surface area (Å²) in [5, 5.41) is 1.38. The summed E-state index contributed by atoms with van der Waals surface area (Å²) in [7, 11) is 0. The van der Waals surface area contributed by atoms with Crippen LogP contribution in [0.3, 0.4) is 0 Å². The first kappa shape index (κ1) is 13.3. The highest BCUT2D eigenvalue weighted by Gasteiger charge is 2.23. The molecule has 0 unspecified atom stereocenters. The first-order chi connectivity index (χ1) is 9.72. The van der Waals surface area contributed by atoms with Gasteiger partial charge >= 0.3 is 5.97 Å². The van der Waals surface area contributed by atoms with Crippen molar-refractivity contribution in [3.63, 3.8) is 0 Å². The third-order valence-electron chi connectivity index (χ3n) is 3.75. The second kappa shape index (κ2) is 5.33. The Hall–Kier alpha value is -1.74. The van der Waals surface area contributed by atoms with Crippen molar-refractivity contribution in [1.82, 2.24) is 4.98 Å².